The molecule has 0 radical (unpaired) electrons. The van der Waals surface area contributed by atoms with E-state index in [4.69, 9.17) is 4.42 Å². The lowest BCUT2D eigenvalue weighted by Crippen LogP contribution is -2.13. The van der Waals surface area contributed by atoms with Crippen molar-refractivity contribution in [3.63, 3.8) is 0 Å². The molecule has 2 rings (SSSR count). The number of hydrogen-bond donors (Lipinski definition) is 2. The van der Waals surface area contributed by atoms with Gasteiger partial charge < -0.3 is 14.8 Å². The number of aromatic nitrogens is 2. The summed E-state index contributed by atoms with van der Waals surface area (Å²) in [4.78, 5) is 11.3. The van der Waals surface area contributed by atoms with Gasteiger partial charge in [0.25, 0.3) is 0 Å². The second-order valence-electron chi connectivity index (χ2n) is 4.97. The van der Waals surface area contributed by atoms with Gasteiger partial charge in [-0.05, 0) is 33.8 Å². The van der Waals surface area contributed by atoms with Gasteiger partial charge in [0.2, 0.25) is 0 Å². The van der Waals surface area contributed by atoms with Crippen molar-refractivity contribution in [2.24, 2.45) is 7.05 Å². The first kappa shape index (κ1) is 14.2. The summed E-state index contributed by atoms with van der Waals surface area (Å²) in [5.74, 6) is 1.19. The molecule has 0 aliphatic carbocycles. The molecule has 1 unspecified atom stereocenters. The Kier molecular flexibility index (Phi) is 3.57. The van der Waals surface area contributed by atoms with E-state index in [1.807, 2.05) is 26.8 Å². The summed E-state index contributed by atoms with van der Waals surface area (Å²) in [5.41, 5.74) is 1.71. The molecule has 0 aliphatic heterocycles. The van der Waals surface area contributed by atoms with Crippen molar-refractivity contribution in [3.8, 4) is 0 Å². The van der Waals surface area contributed by atoms with Crippen molar-refractivity contribution >= 4 is 11.8 Å². The van der Waals surface area contributed by atoms with E-state index < -0.39 is 5.97 Å². The number of nitrogens with zero attached hydrogens (tertiary/aromatic N) is 2. The number of furan rings is 1. The van der Waals surface area contributed by atoms with Gasteiger partial charge in [-0.1, -0.05) is 0 Å². The quantitative estimate of drug-likeness (QED) is 0.898. The molecule has 0 aromatic carbocycles. The standard InChI is InChI=1S/C14H19N3O3/c1-7-6-11(10(4)20-7)8(2)15-13-12(14(18)19)9(3)16-17(13)5/h6,8,15H,1-5H3,(H,18,19). The highest BCUT2D eigenvalue weighted by Gasteiger charge is 2.22. The summed E-state index contributed by atoms with van der Waals surface area (Å²) >= 11 is 0. The smallest absolute Gasteiger partial charge is 0.341 e. The third-order valence-electron chi connectivity index (χ3n) is 3.34. The van der Waals surface area contributed by atoms with Gasteiger partial charge in [-0.25, -0.2) is 4.79 Å². The fraction of sp³-hybridized carbons (Fsp3) is 0.429. The number of rotatable bonds is 4. The van der Waals surface area contributed by atoms with Crippen LogP contribution < -0.4 is 5.32 Å². The van der Waals surface area contributed by atoms with Gasteiger partial charge in [-0.3, -0.25) is 4.68 Å². The van der Waals surface area contributed by atoms with Crippen LogP contribution in [0.2, 0.25) is 0 Å². The number of carboxylic acid groups (broad SMARTS) is 1. The lowest BCUT2D eigenvalue weighted by atomic mass is 10.1. The Hall–Kier alpha value is -2.24. The van der Waals surface area contributed by atoms with Gasteiger partial charge >= 0.3 is 5.97 Å². The molecule has 0 fully saturated rings. The van der Waals surface area contributed by atoms with Gasteiger partial charge in [0, 0.05) is 12.6 Å². The second kappa shape index (κ2) is 5.03. The summed E-state index contributed by atoms with van der Waals surface area (Å²) in [6.45, 7) is 7.44. The van der Waals surface area contributed by atoms with E-state index in [9.17, 15) is 9.90 Å². The maximum atomic E-state index is 11.3. The number of nitrogens with one attached hydrogen (secondary N) is 1. The molecule has 0 saturated heterocycles. The van der Waals surface area contributed by atoms with Gasteiger partial charge in [0.1, 0.15) is 22.9 Å². The van der Waals surface area contributed by atoms with Crippen LogP contribution in [0.3, 0.4) is 0 Å². The topological polar surface area (TPSA) is 80.3 Å². The summed E-state index contributed by atoms with van der Waals surface area (Å²) in [5, 5.41) is 16.7. The highest BCUT2D eigenvalue weighted by molar-refractivity contribution is 5.94. The first-order valence-corrected chi connectivity index (χ1v) is 6.41. The zero-order chi connectivity index (χ0) is 15.0. The van der Waals surface area contributed by atoms with Crippen LogP contribution in [0, 0.1) is 20.8 Å². The molecule has 20 heavy (non-hydrogen) atoms. The molecule has 2 N–H and O–H groups in total. The lowest BCUT2D eigenvalue weighted by Gasteiger charge is -2.15. The molecular weight excluding hydrogens is 258 g/mol. The molecular formula is C14H19N3O3. The van der Waals surface area contributed by atoms with E-state index >= 15 is 0 Å². The maximum Gasteiger partial charge on any atom is 0.341 e. The van der Waals surface area contributed by atoms with Crippen LogP contribution in [-0.4, -0.2) is 20.9 Å². The molecule has 2 heterocycles. The maximum absolute atomic E-state index is 11.3. The SMILES string of the molecule is Cc1cc(C(C)Nc2c(C(=O)O)c(C)nn2C)c(C)o1. The number of aromatic carboxylic acids is 1. The van der Waals surface area contributed by atoms with Crippen LogP contribution in [0.5, 0.6) is 0 Å². The van der Waals surface area contributed by atoms with Crippen LogP contribution in [0.4, 0.5) is 5.82 Å². The summed E-state index contributed by atoms with van der Waals surface area (Å²) < 4.78 is 7.06. The number of carbonyl (C=O) groups is 1. The molecule has 0 aliphatic rings. The van der Waals surface area contributed by atoms with E-state index in [0.29, 0.717) is 11.5 Å². The fourth-order valence-corrected chi connectivity index (χ4v) is 2.44. The van der Waals surface area contributed by atoms with Crippen molar-refractivity contribution in [2.45, 2.75) is 33.7 Å². The van der Waals surface area contributed by atoms with Crippen molar-refractivity contribution in [3.05, 3.63) is 34.4 Å². The Labute approximate surface area is 117 Å². The van der Waals surface area contributed by atoms with Crippen molar-refractivity contribution in [1.82, 2.24) is 9.78 Å². The third-order valence-corrected chi connectivity index (χ3v) is 3.34. The zero-order valence-electron chi connectivity index (χ0n) is 12.3. The van der Waals surface area contributed by atoms with Crippen LogP contribution in [0.15, 0.2) is 10.5 Å². The normalized spacial score (nSPS) is 12.4. The predicted molar refractivity (Wildman–Crippen MR) is 75.1 cm³/mol. The summed E-state index contributed by atoms with van der Waals surface area (Å²) in [6.07, 6.45) is 0. The molecule has 6 nitrogen and oxygen atoms in total. The van der Waals surface area contributed by atoms with Crippen LogP contribution in [-0.2, 0) is 7.05 Å². The first-order chi connectivity index (χ1) is 9.31. The molecule has 2 aromatic rings. The first-order valence-electron chi connectivity index (χ1n) is 6.41. The lowest BCUT2D eigenvalue weighted by molar-refractivity contribution is 0.0697. The van der Waals surface area contributed by atoms with Crippen LogP contribution >= 0.6 is 0 Å². The molecule has 2 aromatic heterocycles. The Bertz CT molecular complexity index is 655. The van der Waals surface area contributed by atoms with Crippen LogP contribution in [0.1, 0.15) is 46.1 Å². The van der Waals surface area contributed by atoms with Crippen molar-refractivity contribution in [2.75, 3.05) is 5.32 Å². The summed E-state index contributed by atoms with van der Waals surface area (Å²) in [7, 11) is 1.72. The number of carboxylic acids is 1. The van der Waals surface area contributed by atoms with Gasteiger partial charge in [0.15, 0.2) is 0 Å². The Morgan fingerprint density at radius 2 is 2.10 bits per heavy atom. The largest absolute Gasteiger partial charge is 0.477 e. The van der Waals surface area contributed by atoms with E-state index in [2.05, 4.69) is 10.4 Å². The van der Waals surface area contributed by atoms with Gasteiger partial charge in [0.05, 0.1) is 11.7 Å². The average Bonchev–Trinajstić information content (AvgIpc) is 2.79. The molecule has 0 spiro atoms. The van der Waals surface area contributed by atoms with Crippen molar-refractivity contribution < 1.29 is 14.3 Å². The van der Waals surface area contributed by atoms with E-state index in [1.165, 1.54) is 0 Å². The minimum Gasteiger partial charge on any atom is -0.477 e. The summed E-state index contributed by atoms with van der Waals surface area (Å²) in [6, 6.07) is 1.89. The van der Waals surface area contributed by atoms with Gasteiger partial charge in [-0.15, -0.1) is 0 Å². The number of hydrogen-bond acceptors (Lipinski definition) is 4. The van der Waals surface area contributed by atoms with E-state index in [1.54, 1.807) is 18.7 Å². The zero-order valence-corrected chi connectivity index (χ0v) is 12.3. The van der Waals surface area contributed by atoms with Crippen LogP contribution in [0.25, 0.3) is 0 Å². The number of aryl methyl sites for hydroxylation is 4. The fourth-order valence-electron chi connectivity index (χ4n) is 2.44. The molecule has 6 heteroatoms. The Balaban J connectivity index is 2.35. The highest BCUT2D eigenvalue weighted by atomic mass is 16.4. The average molecular weight is 277 g/mol. The highest BCUT2D eigenvalue weighted by Crippen LogP contribution is 2.27. The molecule has 108 valence electrons. The molecule has 0 saturated carbocycles. The molecule has 0 bridgehead atoms. The van der Waals surface area contributed by atoms with Crippen molar-refractivity contribution in [1.29, 1.82) is 0 Å². The minimum atomic E-state index is -0.981. The third kappa shape index (κ3) is 2.41. The second-order valence-corrected chi connectivity index (χ2v) is 4.97. The number of anilines is 1. The molecule has 1 atom stereocenters. The minimum absolute atomic E-state index is 0.0691. The van der Waals surface area contributed by atoms with E-state index in [-0.39, 0.29) is 11.6 Å². The Morgan fingerprint density at radius 3 is 2.60 bits per heavy atom. The predicted octanol–water partition coefficient (Wildman–Crippen LogP) is 2.81. The monoisotopic (exact) mass is 277 g/mol. The molecule has 0 amide bonds. The van der Waals surface area contributed by atoms with E-state index in [0.717, 1.165) is 17.1 Å². The Morgan fingerprint density at radius 1 is 1.45 bits per heavy atom. The van der Waals surface area contributed by atoms with Gasteiger partial charge in [-0.2, -0.15) is 5.10 Å².